The van der Waals surface area contributed by atoms with Gasteiger partial charge in [-0.05, 0) is 25.1 Å². The smallest absolute Gasteiger partial charge is 0.123 e. The zero-order valence-corrected chi connectivity index (χ0v) is 12.1. The SMILES string of the molecule is CCc1ccc(OC)c(C(N)C2CN(C)CCN2)c1. The number of piperazine rings is 1. The monoisotopic (exact) mass is 263 g/mol. The van der Waals surface area contributed by atoms with Crippen molar-refractivity contribution in [3.63, 3.8) is 0 Å². The van der Waals surface area contributed by atoms with E-state index in [9.17, 15) is 0 Å². The van der Waals surface area contributed by atoms with Gasteiger partial charge < -0.3 is 20.7 Å². The number of nitrogens with two attached hydrogens (primary N) is 1. The molecule has 0 aliphatic carbocycles. The van der Waals surface area contributed by atoms with E-state index in [4.69, 9.17) is 10.5 Å². The highest BCUT2D eigenvalue weighted by molar-refractivity contribution is 5.40. The molecule has 0 radical (unpaired) electrons. The van der Waals surface area contributed by atoms with Crippen LogP contribution in [0.4, 0.5) is 0 Å². The molecule has 19 heavy (non-hydrogen) atoms. The van der Waals surface area contributed by atoms with Crippen LogP contribution < -0.4 is 15.8 Å². The topological polar surface area (TPSA) is 50.5 Å². The number of ether oxygens (including phenoxy) is 1. The summed E-state index contributed by atoms with van der Waals surface area (Å²) < 4.78 is 5.46. The number of hydrogen-bond acceptors (Lipinski definition) is 4. The molecule has 2 unspecified atom stereocenters. The van der Waals surface area contributed by atoms with Crippen LogP contribution >= 0.6 is 0 Å². The first-order chi connectivity index (χ1) is 9.15. The molecule has 1 aromatic rings. The van der Waals surface area contributed by atoms with Gasteiger partial charge in [-0.15, -0.1) is 0 Å². The second kappa shape index (κ2) is 6.37. The first-order valence-electron chi connectivity index (χ1n) is 7.00. The number of benzene rings is 1. The number of aryl methyl sites for hydroxylation is 1. The maximum absolute atomic E-state index is 6.46. The van der Waals surface area contributed by atoms with Crippen molar-refractivity contribution in [2.24, 2.45) is 5.73 Å². The Kier molecular flexibility index (Phi) is 4.80. The van der Waals surface area contributed by atoms with Crippen LogP contribution in [0.5, 0.6) is 5.75 Å². The molecule has 2 rings (SSSR count). The lowest BCUT2D eigenvalue weighted by Crippen LogP contribution is -2.53. The lowest BCUT2D eigenvalue weighted by Gasteiger charge is -2.35. The molecule has 1 saturated heterocycles. The Morgan fingerprint density at radius 1 is 1.53 bits per heavy atom. The molecule has 2 atom stereocenters. The maximum Gasteiger partial charge on any atom is 0.123 e. The summed E-state index contributed by atoms with van der Waals surface area (Å²) in [5.41, 5.74) is 8.87. The van der Waals surface area contributed by atoms with E-state index < -0.39 is 0 Å². The van der Waals surface area contributed by atoms with E-state index in [1.165, 1.54) is 5.56 Å². The van der Waals surface area contributed by atoms with Gasteiger partial charge in [0, 0.05) is 37.3 Å². The van der Waals surface area contributed by atoms with Crippen molar-refractivity contribution in [1.82, 2.24) is 10.2 Å². The van der Waals surface area contributed by atoms with Crippen molar-refractivity contribution >= 4 is 0 Å². The summed E-state index contributed by atoms with van der Waals surface area (Å²) in [5.74, 6) is 0.889. The Balaban J connectivity index is 2.23. The average molecular weight is 263 g/mol. The fraction of sp³-hybridized carbons (Fsp3) is 0.600. The molecular weight excluding hydrogens is 238 g/mol. The van der Waals surface area contributed by atoms with Crippen molar-refractivity contribution in [2.45, 2.75) is 25.4 Å². The van der Waals surface area contributed by atoms with Gasteiger partial charge in [-0.1, -0.05) is 19.1 Å². The molecule has 1 fully saturated rings. The highest BCUT2D eigenvalue weighted by atomic mass is 16.5. The van der Waals surface area contributed by atoms with E-state index in [-0.39, 0.29) is 12.1 Å². The number of methoxy groups -OCH3 is 1. The molecule has 106 valence electrons. The van der Waals surface area contributed by atoms with Crippen molar-refractivity contribution in [3.8, 4) is 5.75 Å². The van der Waals surface area contributed by atoms with Gasteiger partial charge in [0.15, 0.2) is 0 Å². The lowest BCUT2D eigenvalue weighted by molar-refractivity contribution is 0.218. The molecule has 1 aromatic carbocycles. The summed E-state index contributed by atoms with van der Waals surface area (Å²) in [7, 11) is 3.85. The number of rotatable bonds is 4. The molecular formula is C15H25N3O. The Bertz CT molecular complexity index is 422. The van der Waals surface area contributed by atoms with E-state index in [2.05, 4.69) is 36.3 Å². The van der Waals surface area contributed by atoms with Crippen LogP contribution in [0.1, 0.15) is 24.1 Å². The van der Waals surface area contributed by atoms with Crippen LogP contribution in [-0.2, 0) is 6.42 Å². The zero-order valence-electron chi connectivity index (χ0n) is 12.1. The van der Waals surface area contributed by atoms with E-state index in [1.54, 1.807) is 7.11 Å². The van der Waals surface area contributed by atoms with Crippen molar-refractivity contribution < 1.29 is 4.74 Å². The Morgan fingerprint density at radius 3 is 2.95 bits per heavy atom. The van der Waals surface area contributed by atoms with Crippen LogP contribution in [0.2, 0.25) is 0 Å². The third-order valence-electron chi connectivity index (χ3n) is 3.90. The minimum atomic E-state index is -0.0378. The number of likely N-dealkylation sites (N-methyl/N-ethyl adjacent to an activating group) is 1. The molecule has 4 heteroatoms. The molecule has 0 amide bonds. The lowest BCUT2D eigenvalue weighted by atomic mass is 9.95. The average Bonchev–Trinajstić information content (AvgIpc) is 2.45. The number of nitrogens with one attached hydrogen (secondary N) is 1. The molecule has 0 saturated carbocycles. The van der Waals surface area contributed by atoms with Crippen LogP contribution in [0.15, 0.2) is 18.2 Å². The van der Waals surface area contributed by atoms with Crippen LogP contribution in [0, 0.1) is 0 Å². The van der Waals surface area contributed by atoms with Gasteiger partial charge in [0.2, 0.25) is 0 Å². The predicted molar refractivity (Wildman–Crippen MR) is 78.6 cm³/mol. The maximum atomic E-state index is 6.46. The summed E-state index contributed by atoms with van der Waals surface area (Å²) >= 11 is 0. The largest absolute Gasteiger partial charge is 0.496 e. The van der Waals surface area contributed by atoms with E-state index in [0.29, 0.717) is 0 Å². The molecule has 0 bridgehead atoms. The standard InChI is InChI=1S/C15H25N3O/c1-4-11-5-6-14(19-3)12(9-11)15(16)13-10-18(2)8-7-17-13/h5-6,9,13,15,17H,4,7-8,10,16H2,1-3H3. The van der Waals surface area contributed by atoms with E-state index >= 15 is 0 Å². The third-order valence-corrected chi connectivity index (χ3v) is 3.90. The summed E-state index contributed by atoms with van der Waals surface area (Å²) in [4.78, 5) is 2.32. The molecule has 1 heterocycles. The van der Waals surface area contributed by atoms with Gasteiger partial charge in [0.05, 0.1) is 7.11 Å². The van der Waals surface area contributed by atoms with Gasteiger partial charge in [-0.3, -0.25) is 0 Å². The van der Waals surface area contributed by atoms with Crippen molar-refractivity contribution in [2.75, 3.05) is 33.8 Å². The Hall–Kier alpha value is -1.10. The van der Waals surface area contributed by atoms with Crippen molar-refractivity contribution in [3.05, 3.63) is 29.3 Å². The normalized spacial score (nSPS) is 22.2. The second-order valence-electron chi connectivity index (χ2n) is 5.28. The zero-order chi connectivity index (χ0) is 13.8. The number of nitrogens with zero attached hydrogens (tertiary/aromatic N) is 1. The molecule has 4 nitrogen and oxygen atoms in total. The molecule has 1 aliphatic rings. The quantitative estimate of drug-likeness (QED) is 0.856. The van der Waals surface area contributed by atoms with Crippen molar-refractivity contribution in [1.29, 1.82) is 0 Å². The highest BCUT2D eigenvalue weighted by Crippen LogP contribution is 2.28. The first kappa shape index (κ1) is 14.3. The summed E-state index contributed by atoms with van der Waals surface area (Å²) in [5, 5.41) is 3.51. The van der Waals surface area contributed by atoms with E-state index in [1.807, 2.05) is 6.07 Å². The van der Waals surface area contributed by atoms with Gasteiger partial charge >= 0.3 is 0 Å². The van der Waals surface area contributed by atoms with Gasteiger partial charge in [-0.2, -0.15) is 0 Å². The van der Waals surface area contributed by atoms with Crippen LogP contribution in [-0.4, -0.2) is 44.7 Å². The molecule has 0 spiro atoms. The fourth-order valence-corrected chi connectivity index (χ4v) is 2.65. The molecule has 3 N–H and O–H groups in total. The van der Waals surface area contributed by atoms with Gasteiger partial charge in [0.25, 0.3) is 0 Å². The first-order valence-corrected chi connectivity index (χ1v) is 7.00. The molecule has 0 aromatic heterocycles. The second-order valence-corrected chi connectivity index (χ2v) is 5.28. The van der Waals surface area contributed by atoms with Crippen LogP contribution in [0.25, 0.3) is 0 Å². The summed E-state index contributed by atoms with van der Waals surface area (Å²) in [6.07, 6.45) is 1.02. The minimum Gasteiger partial charge on any atom is -0.496 e. The Morgan fingerprint density at radius 2 is 2.32 bits per heavy atom. The van der Waals surface area contributed by atoms with E-state index in [0.717, 1.165) is 37.4 Å². The molecule has 1 aliphatic heterocycles. The predicted octanol–water partition coefficient (Wildman–Crippen LogP) is 1.16. The van der Waals surface area contributed by atoms with Gasteiger partial charge in [-0.25, -0.2) is 0 Å². The summed E-state index contributed by atoms with van der Waals surface area (Å²) in [6.45, 7) is 5.20. The Labute approximate surface area is 115 Å². The third kappa shape index (κ3) is 3.26. The highest BCUT2D eigenvalue weighted by Gasteiger charge is 2.26. The minimum absolute atomic E-state index is 0.0378. The van der Waals surface area contributed by atoms with Gasteiger partial charge in [0.1, 0.15) is 5.75 Å². The van der Waals surface area contributed by atoms with Crippen LogP contribution in [0.3, 0.4) is 0 Å². The fourth-order valence-electron chi connectivity index (χ4n) is 2.65. The summed E-state index contributed by atoms with van der Waals surface area (Å²) in [6, 6.07) is 6.56. The number of hydrogen-bond donors (Lipinski definition) is 2.